The van der Waals surface area contributed by atoms with Gasteiger partial charge in [0.15, 0.2) is 5.78 Å². The van der Waals surface area contributed by atoms with Crippen LogP contribution in [0.1, 0.15) is 16.1 Å². The van der Waals surface area contributed by atoms with Crippen molar-refractivity contribution < 1.29 is 4.79 Å². The molecular weight excluding hydrogens is 294 g/mol. The molecule has 0 amide bonds. The van der Waals surface area contributed by atoms with Crippen LogP contribution in [0.2, 0.25) is 0 Å². The number of nitrogens with zero attached hydrogens (tertiary/aromatic N) is 3. The topological polar surface area (TPSA) is 58.7 Å². The first kappa shape index (κ1) is 14.4. The summed E-state index contributed by atoms with van der Waals surface area (Å²) in [6, 6.07) is 13.0. The number of aryl methyl sites for hydroxylation is 1. The maximum atomic E-state index is 12.4. The lowest BCUT2D eigenvalue weighted by molar-refractivity contribution is 0.0972. The predicted molar refractivity (Wildman–Crippen MR) is 85.8 cm³/mol. The number of carbonyl (C=O) groups is 1. The fourth-order valence-electron chi connectivity index (χ4n) is 2.42. The number of Topliss-reactive ketones (excluding diaryl/α,β-unsaturated/α-hetero) is 1. The summed E-state index contributed by atoms with van der Waals surface area (Å²) in [6.07, 6.45) is 1.84. The molecule has 1 aromatic rings. The Morgan fingerprint density at radius 1 is 1.27 bits per heavy atom. The van der Waals surface area contributed by atoms with Crippen molar-refractivity contribution in [2.75, 3.05) is 0 Å². The summed E-state index contributed by atoms with van der Waals surface area (Å²) in [5.74, 6) is 0.773. The molecule has 2 aliphatic rings. The maximum absolute atomic E-state index is 12.4. The molecule has 0 spiro atoms. The summed E-state index contributed by atoms with van der Waals surface area (Å²) in [4.78, 5) is 17.7. The lowest BCUT2D eigenvalue weighted by Crippen LogP contribution is -2.12. The van der Waals surface area contributed by atoms with Gasteiger partial charge in [0.25, 0.3) is 0 Å². The van der Waals surface area contributed by atoms with Crippen molar-refractivity contribution in [1.29, 1.82) is 5.26 Å². The Labute approximate surface area is 132 Å². The third kappa shape index (κ3) is 2.61. The minimum Gasteiger partial charge on any atom is -0.325 e. The van der Waals surface area contributed by atoms with Crippen LogP contribution in [0.5, 0.6) is 0 Å². The first-order valence-electron chi connectivity index (χ1n) is 6.80. The molecule has 0 saturated heterocycles. The Hall–Kier alpha value is -2.58. The van der Waals surface area contributed by atoms with Gasteiger partial charge in [0.05, 0.1) is 17.1 Å². The third-order valence-corrected chi connectivity index (χ3v) is 4.26. The van der Waals surface area contributed by atoms with Crippen molar-refractivity contribution in [1.82, 2.24) is 9.55 Å². The molecular formula is C17H13N3OS. The summed E-state index contributed by atoms with van der Waals surface area (Å²) >= 11 is 1.11. The van der Waals surface area contributed by atoms with E-state index in [1.165, 1.54) is 0 Å². The van der Waals surface area contributed by atoms with Crippen LogP contribution in [0, 0.1) is 17.6 Å². The standard InChI is InChI=1S/C17H13N3OS/c1-12-16(22-11-18)14-8-5-9-20(17(14)19-12)10-15(21)13-6-3-2-4-7-13/h2-9H,10H2,1H3. The van der Waals surface area contributed by atoms with Crippen LogP contribution >= 0.6 is 11.8 Å². The number of thioether (sulfide) groups is 1. The first-order valence-corrected chi connectivity index (χ1v) is 7.62. The smallest absolute Gasteiger partial charge is 0.182 e. The van der Waals surface area contributed by atoms with E-state index < -0.39 is 0 Å². The van der Waals surface area contributed by atoms with Gasteiger partial charge in [-0.05, 0) is 30.8 Å². The zero-order valence-corrected chi connectivity index (χ0v) is 12.8. The van der Waals surface area contributed by atoms with Gasteiger partial charge in [-0.15, -0.1) is 0 Å². The minimum absolute atomic E-state index is 0.0354. The number of benzene rings is 1. The molecule has 0 fully saturated rings. The van der Waals surface area contributed by atoms with Gasteiger partial charge in [0.2, 0.25) is 0 Å². The van der Waals surface area contributed by atoms with Gasteiger partial charge in [-0.1, -0.05) is 30.3 Å². The summed E-state index contributed by atoms with van der Waals surface area (Å²) in [6.45, 7) is 2.11. The van der Waals surface area contributed by atoms with Gasteiger partial charge >= 0.3 is 0 Å². The third-order valence-electron chi connectivity index (χ3n) is 3.45. The van der Waals surface area contributed by atoms with Crippen LogP contribution in [0.3, 0.4) is 0 Å². The molecule has 0 N–H and O–H groups in total. The Kier molecular flexibility index (Phi) is 3.94. The van der Waals surface area contributed by atoms with E-state index >= 15 is 0 Å². The van der Waals surface area contributed by atoms with Crippen molar-refractivity contribution in [2.24, 2.45) is 0 Å². The molecule has 0 saturated carbocycles. The average Bonchev–Trinajstić information content (AvgIpc) is 2.86. The minimum atomic E-state index is 0.0354. The number of hydrogen-bond donors (Lipinski definition) is 0. The Morgan fingerprint density at radius 3 is 2.77 bits per heavy atom. The summed E-state index contributed by atoms with van der Waals surface area (Å²) < 4.78 is 1.83. The monoisotopic (exact) mass is 307 g/mol. The van der Waals surface area contributed by atoms with E-state index in [-0.39, 0.29) is 12.3 Å². The molecule has 1 aromatic carbocycles. The molecule has 3 rings (SSSR count). The second-order valence-corrected chi connectivity index (χ2v) is 5.68. The second-order valence-electron chi connectivity index (χ2n) is 4.88. The summed E-state index contributed by atoms with van der Waals surface area (Å²) in [5, 5.41) is 11.0. The molecule has 2 aliphatic heterocycles. The van der Waals surface area contributed by atoms with Gasteiger partial charge in [-0.3, -0.25) is 4.79 Å². The fraction of sp³-hybridized carbons (Fsp3) is 0.118. The van der Waals surface area contributed by atoms with E-state index in [0.717, 1.165) is 33.7 Å². The second kappa shape index (κ2) is 6.04. The summed E-state index contributed by atoms with van der Waals surface area (Å²) in [5.41, 5.74) is 2.41. The van der Waals surface area contributed by atoms with Crippen LogP contribution in [-0.4, -0.2) is 15.3 Å². The van der Waals surface area contributed by atoms with Gasteiger partial charge < -0.3 is 4.57 Å². The summed E-state index contributed by atoms with van der Waals surface area (Å²) in [7, 11) is 0. The van der Waals surface area contributed by atoms with Gasteiger partial charge in [-0.25, -0.2) is 4.98 Å². The zero-order chi connectivity index (χ0) is 15.5. The van der Waals surface area contributed by atoms with Crippen LogP contribution in [0.15, 0.2) is 53.6 Å². The molecule has 5 heteroatoms. The molecule has 2 heterocycles. The van der Waals surface area contributed by atoms with Crippen molar-refractivity contribution in [3.05, 3.63) is 59.9 Å². The fourth-order valence-corrected chi connectivity index (χ4v) is 2.98. The molecule has 0 unspecified atom stereocenters. The Morgan fingerprint density at radius 2 is 2.05 bits per heavy atom. The van der Waals surface area contributed by atoms with Gasteiger partial charge in [-0.2, -0.15) is 5.26 Å². The number of ketones is 1. The maximum Gasteiger partial charge on any atom is 0.182 e. The highest BCUT2D eigenvalue weighted by Gasteiger charge is 2.19. The molecule has 4 nitrogen and oxygen atoms in total. The van der Waals surface area contributed by atoms with Crippen LogP contribution in [0.25, 0.3) is 11.4 Å². The Bertz CT molecular complexity index is 833. The van der Waals surface area contributed by atoms with Crippen LogP contribution in [0.4, 0.5) is 0 Å². The van der Waals surface area contributed by atoms with Gasteiger partial charge in [0.1, 0.15) is 11.2 Å². The molecule has 0 aromatic heterocycles. The molecule has 0 atom stereocenters. The quantitative estimate of drug-likeness (QED) is 0.418. The van der Waals surface area contributed by atoms with E-state index in [1.807, 2.05) is 60.2 Å². The van der Waals surface area contributed by atoms with E-state index in [1.54, 1.807) is 0 Å². The number of pyridine rings is 1. The molecule has 0 radical (unpaired) electrons. The SMILES string of the molecule is Cc1nc2n(CC(=O)c3ccccc3)cccc-2c1SC#N. The number of rotatable bonds is 4. The number of nitriles is 1. The van der Waals surface area contributed by atoms with Crippen LogP contribution < -0.4 is 0 Å². The number of thiocyanates is 1. The predicted octanol–water partition coefficient (Wildman–Crippen LogP) is 3.75. The zero-order valence-electron chi connectivity index (χ0n) is 12.0. The number of hydrogen-bond acceptors (Lipinski definition) is 4. The van der Waals surface area contributed by atoms with Crippen molar-refractivity contribution in [3.8, 4) is 16.8 Å². The molecule has 108 valence electrons. The van der Waals surface area contributed by atoms with E-state index in [9.17, 15) is 4.79 Å². The van der Waals surface area contributed by atoms with Gasteiger partial charge in [0, 0.05) is 17.3 Å². The highest BCUT2D eigenvalue weighted by Crippen LogP contribution is 2.35. The number of fused-ring (bicyclic) bond motifs is 1. The first-order chi connectivity index (χ1) is 10.7. The lowest BCUT2D eigenvalue weighted by atomic mass is 10.1. The molecule has 22 heavy (non-hydrogen) atoms. The normalized spacial score (nSPS) is 10.5. The number of aromatic nitrogens is 2. The molecule has 0 aliphatic carbocycles. The highest BCUT2D eigenvalue weighted by atomic mass is 32.2. The largest absolute Gasteiger partial charge is 0.325 e. The average molecular weight is 307 g/mol. The van der Waals surface area contributed by atoms with E-state index in [4.69, 9.17) is 5.26 Å². The highest BCUT2D eigenvalue weighted by molar-refractivity contribution is 8.03. The van der Waals surface area contributed by atoms with E-state index in [0.29, 0.717) is 5.56 Å². The Balaban J connectivity index is 1.95. The number of carbonyl (C=O) groups excluding carboxylic acids is 1. The van der Waals surface area contributed by atoms with Crippen LogP contribution in [-0.2, 0) is 6.54 Å². The molecule has 0 bridgehead atoms. The van der Waals surface area contributed by atoms with E-state index in [2.05, 4.69) is 10.4 Å². The van der Waals surface area contributed by atoms with Crippen molar-refractivity contribution >= 4 is 17.5 Å². The lowest BCUT2D eigenvalue weighted by Gasteiger charge is -2.11. The van der Waals surface area contributed by atoms with Crippen molar-refractivity contribution in [3.63, 3.8) is 0 Å². The van der Waals surface area contributed by atoms with Crippen molar-refractivity contribution in [2.45, 2.75) is 18.4 Å².